The minimum absolute atomic E-state index is 0.0738. The minimum atomic E-state index is -2.39. The summed E-state index contributed by atoms with van der Waals surface area (Å²) in [6.07, 6.45) is -3.42. The van der Waals surface area contributed by atoms with Gasteiger partial charge in [-0.25, -0.2) is 8.78 Å². The molecule has 2 aliphatic rings. The van der Waals surface area contributed by atoms with Crippen LogP contribution in [0.2, 0.25) is 18.1 Å². The second-order valence-electron chi connectivity index (χ2n) is 7.01. The van der Waals surface area contributed by atoms with E-state index >= 15 is 0 Å². The lowest BCUT2D eigenvalue weighted by Gasteiger charge is -2.39. The molecule has 112 valence electrons. The quantitative estimate of drug-likeness (QED) is 0.749. The van der Waals surface area contributed by atoms with Crippen molar-refractivity contribution in [2.24, 2.45) is 5.92 Å². The Kier molecular flexibility index (Phi) is 4.08. The van der Waals surface area contributed by atoms with Gasteiger partial charge in [-0.05, 0) is 18.1 Å². The van der Waals surface area contributed by atoms with Crippen LogP contribution in [0.3, 0.4) is 0 Å². The maximum atomic E-state index is 12.8. The van der Waals surface area contributed by atoms with Crippen LogP contribution in [-0.2, 0) is 13.9 Å². The van der Waals surface area contributed by atoms with Crippen molar-refractivity contribution in [3.63, 3.8) is 0 Å². The Hall–Kier alpha value is -0.0431. The summed E-state index contributed by atoms with van der Waals surface area (Å²) in [5.41, 5.74) is 0. The molecule has 0 aromatic rings. The maximum absolute atomic E-state index is 12.8. The second kappa shape index (κ2) is 5.06. The number of alkyl halides is 2. The average Bonchev–Trinajstić information content (AvgIpc) is 2.78. The van der Waals surface area contributed by atoms with E-state index in [1.54, 1.807) is 0 Å². The van der Waals surface area contributed by atoms with E-state index in [4.69, 9.17) is 13.9 Å². The van der Waals surface area contributed by atoms with Crippen LogP contribution in [0, 0.1) is 5.92 Å². The van der Waals surface area contributed by atoms with Gasteiger partial charge in [-0.1, -0.05) is 20.8 Å². The molecule has 0 aliphatic carbocycles. The molecule has 2 saturated heterocycles. The first-order valence-electron chi connectivity index (χ1n) is 6.82. The van der Waals surface area contributed by atoms with Crippen LogP contribution in [-0.4, -0.2) is 46.3 Å². The van der Waals surface area contributed by atoms with Gasteiger partial charge in [-0.15, -0.1) is 0 Å². The van der Waals surface area contributed by atoms with Crippen molar-refractivity contribution in [2.45, 2.75) is 63.6 Å². The molecule has 0 N–H and O–H groups in total. The lowest BCUT2D eigenvalue weighted by Crippen LogP contribution is -2.47. The van der Waals surface area contributed by atoms with Crippen molar-refractivity contribution < 1.29 is 22.7 Å². The summed E-state index contributed by atoms with van der Waals surface area (Å²) in [5.74, 6) is -0.807. The fourth-order valence-corrected chi connectivity index (χ4v) is 3.68. The lowest BCUT2D eigenvalue weighted by molar-refractivity contribution is -0.0122. The Morgan fingerprint density at radius 2 is 1.68 bits per heavy atom. The van der Waals surface area contributed by atoms with Crippen LogP contribution >= 0.6 is 0 Å². The summed E-state index contributed by atoms with van der Waals surface area (Å²) < 4.78 is 43.0. The van der Waals surface area contributed by atoms with E-state index in [1.807, 2.05) is 0 Å². The van der Waals surface area contributed by atoms with Gasteiger partial charge >= 0.3 is 0 Å². The molecule has 2 fully saturated rings. The average molecular weight is 294 g/mol. The van der Waals surface area contributed by atoms with E-state index < -0.39 is 26.8 Å². The first-order valence-corrected chi connectivity index (χ1v) is 9.73. The van der Waals surface area contributed by atoms with Crippen LogP contribution in [0.4, 0.5) is 8.78 Å². The molecule has 2 heterocycles. The van der Waals surface area contributed by atoms with Gasteiger partial charge in [0.2, 0.25) is 6.43 Å². The fourth-order valence-electron chi connectivity index (χ4n) is 2.37. The standard InChI is InChI=1S/C13H24F2O3Si/c1-13(2,3)19(4,5)18-9-7-17-10-8(12(14)15)6-16-11(9)10/h8-12H,6-7H2,1-5H3/t8-,9+,10+,11?/m0/s1. The van der Waals surface area contributed by atoms with Gasteiger partial charge in [0.1, 0.15) is 6.10 Å². The third kappa shape index (κ3) is 2.86. The van der Waals surface area contributed by atoms with Crippen molar-refractivity contribution >= 4 is 8.32 Å². The van der Waals surface area contributed by atoms with Crippen LogP contribution in [0.5, 0.6) is 0 Å². The molecule has 0 spiro atoms. The van der Waals surface area contributed by atoms with Gasteiger partial charge in [0, 0.05) is 0 Å². The van der Waals surface area contributed by atoms with Gasteiger partial charge in [0.15, 0.2) is 8.32 Å². The highest BCUT2D eigenvalue weighted by Crippen LogP contribution is 2.41. The molecule has 0 radical (unpaired) electrons. The fraction of sp³-hybridized carbons (Fsp3) is 1.00. The van der Waals surface area contributed by atoms with E-state index in [9.17, 15) is 8.78 Å². The number of halogens is 2. The van der Waals surface area contributed by atoms with Gasteiger partial charge in [0.25, 0.3) is 0 Å². The van der Waals surface area contributed by atoms with E-state index in [2.05, 4.69) is 33.9 Å². The Morgan fingerprint density at radius 1 is 1.11 bits per heavy atom. The molecule has 6 heteroatoms. The van der Waals surface area contributed by atoms with E-state index in [1.165, 1.54) is 0 Å². The van der Waals surface area contributed by atoms with Gasteiger partial charge in [-0.2, -0.15) is 0 Å². The Labute approximate surface area is 114 Å². The van der Waals surface area contributed by atoms with E-state index in [-0.39, 0.29) is 23.9 Å². The molecule has 2 aliphatic heterocycles. The van der Waals surface area contributed by atoms with E-state index in [0.717, 1.165) is 0 Å². The number of hydrogen-bond donors (Lipinski definition) is 0. The highest BCUT2D eigenvalue weighted by atomic mass is 28.4. The zero-order chi connectivity index (χ0) is 14.4. The first-order chi connectivity index (χ1) is 8.63. The summed E-state index contributed by atoms with van der Waals surface area (Å²) >= 11 is 0. The van der Waals surface area contributed by atoms with E-state index in [0.29, 0.717) is 6.61 Å². The number of ether oxygens (including phenoxy) is 2. The summed E-state index contributed by atoms with van der Waals surface area (Å²) in [4.78, 5) is 0. The van der Waals surface area contributed by atoms with Crippen LogP contribution in [0.1, 0.15) is 20.8 Å². The first kappa shape index (κ1) is 15.3. The van der Waals surface area contributed by atoms with Gasteiger partial charge in [0.05, 0.1) is 31.3 Å². The molecular formula is C13H24F2O3Si. The monoisotopic (exact) mass is 294 g/mol. The molecule has 2 rings (SSSR count). The van der Waals surface area contributed by atoms with Crippen molar-refractivity contribution in [3.05, 3.63) is 0 Å². The smallest absolute Gasteiger partial charge is 0.246 e. The largest absolute Gasteiger partial charge is 0.409 e. The molecule has 0 saturated carbocycles. The molecule has 19 heavy (non-hydrogen) atoms. The Morgan fingerprint density at radius 3 is 2.21 bits per heavy atom. The van der Waals surface area contributed by atoms with Gasteiger partial charge in [-0.3, -0.25) is 0 Å². The third-order valence-corrected chi connectivity index (χ3v) is 9.13. The van der Waals surface area contributed by atoms with Crippen molar-refractivity contribution in [2.75, 3.05) is 13.2 Å². The molecule has 1 unspecified atom stereocenters. The van der Waals surface area contributed by atoms with Crippen LogP contribution in [0.15, 0.2) is 0 Å². The van der Waals surface area contributed by atoms with Crippen molar-refractivity contribution in [1.29, 1.82) is 0 Å². The predicted molar refractivity (Wildman–Crippen MR) is 71.0 cm³/mol. The zero-order valence-corrected chi connectivity index (χ0v) is 13.3. The summed E-state index contributed by atoms with van der Waals surface area (Å²) in [5, 5.41) is 0.0891. The molecule has 0 bridgehead atoms. The third-order valence-electron chi connectivity index (χ3n) is 4.62. The topological polar surface area (TPSA) is 27.7 Å². The molecule has 4 atom stereocenters. The molecule has 0 aromatic heterocycles. The Bertz CT molecular complexity index is 330. The van der Waals surface area contributed by atoms with Crippen molar-refractivity contribution in [3.8, 4) is 0 Å². The van der Waals surface area contributed by atoms with Crippen molar-refractivity contribution in [1.82, 2.24) is 0 Å². The summed E-state index contributed by atoms with van der Waals surface area (Å²) in [7, 11) is -1.93. The zero-order valence-electron chi connectivity index (χ0n) is 12.3. The normalized spacial score (nSPS) is 36.0. The SMILES string of the molecule is CC(C)(C)[Si](C)(C)O[C@@H]1CO[C@H]2C1OC[C@@H]2C(F)F. The molecule has 3 nitrogen and oxygen atoms in total. The second-order valence-corrected chi connectivity index (χ2v) is 11.8. The number of hydrogen-bond acceptors (Lipinski definition) is 3. The molecule has 0 aromatic carbocycles. The summed E-state index contributed by atoms with van der Waals surface area (Å²) in [6.45, 7) is 11.2. The highest BCUT2D eigenvalue weighted by Gasteiger charge is 2.53. The minimum Gasteiger partial charge on any atom is -0.409 e. The maximum Gasteiger partial charge on any atom is 0.246 e. The summed E-state index contributed by atoms with van der Waals surface area (Å²) in [6, 6.07) is 0. The Balaban J connectivity index is 2.02. The lowest BCUT2D eigenvalue weighted by atomic mass is 10.0. The molecule has 0 amide bonds. The van der Waals surface area contributed by atoms with Crippen LogP contribution in [0.25, 0.3) is 0 Å². The van der Waals surface area contributed by atoms with Crippen LogP contribution < -0.4 is 0 Å². The highest BCUT2D eigenvalue weighted by molar-refractivity contribution is 6.74. The number of rotatable bonds is 3. The number of fused-ring (bicyclic) bond motifs is 1. The van der Waals surface area contributed by atoms with Gasteiger partial charge < -0.3 is 13.9 Å². The predicted octanol–water partition coefficient (Wildman–Crippen LogP) is 3.06. The molecular weight excluding hydrogens is 270 g/mol.